The van der Waals surface area contributed by atoms with Crippen molar-refractivity contribution in [2.45, 2.75) is 252 Å². The van der Waals surface area contributed by atoms with E-state index in [1.165, 1.54) is 154 Å². The molecule has 0 aliphatic rings. The molecule has 0 bridgehead atoms. The first-order valence-corrected chi connectivity index (χ1v) is 25.8. The van der Waals surface area contributed by atoms with Gasteiger partial charge in [-0.05, 0) is 64.6 Å². The van der Waals surface area contributed by atoms with Crippen LogP contribution in [0.25, 0.3) is 0 Å². The van der Waals surface area contributed by atoms with E-state index in [0.29, 0.717) is 32.4 Å². The Morgan fingerprint density at radius 1 is 0.293 bits per heavy atom. The van der Waals surface area contributed by atoms with Gasteiger partial charge in [-0.3, -0.25) is 14.4 Å². The van der Waals surface area contributed by atoms with Crippen LogP contribution in [0.1, 0.15) is 252 Å². The van der Waals surface area contributed by atoms with E-state index in [-0.39, 0.29) is 17.7 Å². The summed E-state index contributed by atoms with van der Waals surface area (Å²) in [7, 11) is 0. The van der Waals surface area contributed by atoms with E-state index in [2.05, 4.69) is 46.9 Å². The van der Waals surface area contributed by atoms with Crippen molar-refractivity contribution in [3.05, 3.63) is 0 Å². The molecule has 8 nitrogen and oxygen atoms in total. The van der Waals surface area contributed by atoms with Crippen molar-refractivity contribution in [2.75, 3.05) is 52.4 Å². The van der Waals surface area contributed by atoms with E-state index >= 15 is 0 Å². The van der Waals surface area contributed by atoms with Crippen molar-refractivity contribution >= 4 is 17.7 Å². The summed E-state index contributed by atoms with van der Waals surface area (Å²) in [6.07, 6.45) is 43.1. The molecule has 0 unspecified atom stereocenters. The van der Waals surface area contributed by atoms with Crippen molar-refractivity contribution in [1.82, 2.24) is 26.2 Å². The lowest BCUT2D eigenvalue weighted by Crippen LogP contribution is -2.35. The van der Waals surface area contributed by atoms with Gasteiger partial charge in [0, 0.05) is 52.0 Å². The number of nitrogens with zero attached hydrogens (tertiary/aromatic N) is 1. The van der Waals surface area contributed by atoms with Crippen LogP contribution in [0.2, 0.25) is 0 Å². The number of hydrogen-bond donors (Lipinski definition) is 4. The van der Waals surface area contributed by atoms with Gasteiger partial charge in [0.25, 0.3) is 0 Å². The lowest BCUT2D eigenvalue weighted by molar-refractivity contribution is -0.122. The highest BCUT2D eigenvalue weighted by molar-refractivity contribution is 5.76. The highest BCUT2D eigenvalue weighted by Crippen LogP contribution is 2.12. The summed E-state index contributed by atoms with van der Waals surface area (Å²) in [5, 5.41) is 13.0. The van der Waals surface area contributed by atoms with Crippen molar-refractivity contribution in [3.8, 4) is 0 Å². The first kappa shape index (κ1) is 56.3. The van der Waals surface area contributed by atoms with Crippen LogP contribution in [0.5, 0.6) is 0 Å². The second kappa shape index (κ2) is 48.0. The van der Waals surface area contributed by atoms with Crippen LogP contribution in [0.15, 0.2) is 0 Å². The van der Waals surface area contributed by atoms with Gasteiger partial charge in [0.05, 0.1) is 0 Å². The van der Waals surface area contributed by atoms with Crippen LogP contribution >= 0.6 is 0 Å². The number of nitrogens with one attached hydrogen (secondary N) is 4. The van der Waals surface area contributed by atoms with Crippen LogP contribution in [-0.4, -0.2) is 75.0 Å². The Hall–Kier alpha value is -1.67. The summed E-state index contributed by atoms with van der Waals surface area (Å²) in [5.41, 5.74) is 0. The predicted molar refractivity (Wildman–Crippen MR) is 252 cm³/mol. The molecule has 0 aromatic heterocycles. The molecule has 0 saturated carbocycles. The quantitative estimate of drug-likeness (QED) is 0.0458. The van der Waals surface area contributed by atoms with Crippen LogP contribution in [0, 0.1) is 0 Å². The van der Waals surface area contributed by atoms with Crippen LogP contribution in [-0.2, 0) is 14.4 Å². The number of amides is 3. The summed E-state index contributed by atoms with van der Waals surface area (Å²) < 4.78 is 0. The largest absolute Gasteiger partial charge is 0.356 e. The fourth-order valence-electron chi connectivity index (χ4n) is 7.71. The van der Waals surface area contributed by atoms with Gasteiger partial charge < -0.3 is 26.2 Å². The maximum atomic E-state index is 12.7. The molecule has 8 heteroatoms. The molecule has 0 saturated heterocycles. The predicted octanol–water partition coefficient (Wildman–Crippen LogP) is 12.3. The number of hydrogen-bond acceptors (Lipinski definition) is 5. The van der Waals surface area contributed by atoms with Gasteiger partial charge in [0.2, 0.25) is 17.7 Å². The van der Waals surface area contributed by atoms with E-state index in [1.54, 1.807) is 0 Å². The Morgan fingerprint density at radius 3 is 0.931 bits per heavy atom. The summed E-state index contributed by atoms with van der Waals surface area (Å²) in [6, 6.07) is 0. The lowest BCUT2D eigenvalue weighted by Gasteiger charge is -2.22. The Labute approximate surface area is 361 Å². The molecule has 0 rings (SSSR count). The lowest BCUT2D eigenvalue weighted by atomic mass is 10.1. The summed E-state index contributed by atoms with van der Waals surface area (Å²) in [4.78, 5) is 39.9. The minimum Gasteiger partial charge on any atom is -0.356 e. The molecule has 0 aromatic carbocycles. The minimum atomic E-state index is 0.137. The van der Waals surface area contributed by atoms with Gasteiger partial charge in [0.15, 0.2) is 0 Å². The van der Waals surface area contributed by atoms with Crippen LogP contribution in [0.3, 0.4) is 0 Å². The molecule has 0 aliphatic carbocycles. The molecule has 0 aromatic rings. The molecule has 0 fully saturated rings. The topological polar surface area (TPSA) is 103 Å². The van der Waals surface area contributed by atoms with E-state index in [1.807, 2.05) is 0 Å². The Balaban J connectivity index is 4.14. The average molecular weight is 820 g/mol. The maximum Gasteiger partial charge on any atom is 0.221 e. The smallest absolute Gasteiger partial charge is 0.221 e. The third-order valence-corrected chi connectivity index (χ3v) is 11.7. The molecule has 0 atom stereocenters. The minimum absolute atomic E-state index is 0.137. The van der Waals surface area contributed by atoms with Crippen molar-refractivity contribution in [3.63, 3.8) is 0 Å². The SMILES string of the molecule is CCCCCCCCCCCNC(=O)CCCCCNCCCCCN(CCC(=O)NCCCCCCCCCCC)CCC(=O)NCCCCCCCCCCC. The molecule has 58 heavy (non-hydrogen) atoms. The highest BCUT2D eigenvalue weighted by Gasteiger charge is 2.11. The Kier molecular flexibility index (Phi) is 46.6. The van der Waals surface area contributed by atoms with Gasteiger partial charge >= 0.3 is 0 Å². The standard InChI is InChI=1S/C50H101N5O3/c1-4-7-10-13-16-19-22-25-33-42-52-48(56)37-30-28-31-40-51-41-32-29-36-45-55(46-38-49(57)53-43-34-26-23-20-17-14-11-8-5-2)47-39-50(58)54-44-35-27-24-21-18-15-12-9-6-3/h51H,4-47H2,1-3H3,(H,52,56)(H,53,57)(H,54,58). The molecule has 0 heterocycles. The third kappa shape index (κ3) is 45.4. The highest BCUT2D eigenvalue weighted by atomic mass is 16.2. The Bertz CT molecular complexity index is 832. The third-order valence-electron chi connectivity index (χ3n) is 11.7. The van der Waals surface area contributed by atoms with Gasteiger partial charge in [-0.2, -0.15) is 0 Å². The first-order chi connectivity index (χ1) is 28.5. The zero-order chi connectivity index (χ0) is 42.3. The molecular formula is C50H101N5O3. The van der Waals surface area contributed by atoms with Gasteiger partial charge in [-0.15, -0.1) is 0 Å². The van der Waals surface area contributed by atoms with E-state index in [0.717, 1.165) is 97.1 Å². The fraction of sp³-hybridized carbons (Fsp3) is 0.940. The van der Waals surface area contributed by atoms with Crippen LogP contribution < -0.4 is 21.3 Å². The summed E-state index contributed by atoms with van der Waals surface area (Å²) >= 11 is 0. The van der Waals surface area contributed by atoms with E-state index in [4.69, 9.17) is 0 Å². The average Bonchev–Trinajstić information content (AvgIpc) is 3.22. The number of rotatable bonds is 48. The number of carbonyl (C=O) groups excluding carboxylic acids is 3. The molecular weight excluding hydrogens is 719 g/mol. The normalized spacial score (nSPS) is 11.4. The van der Waals surface area contributed by atoms with Crippen molar-refractivity contribution in [1.29, 1.82) is 0 Å². The fourth-order valence-corrected chi connectivity index (χ4v) is 7.71. The van der Waals surface area contributed by atoms with Crippen molar-refractivity contribution < 1.29 is 14.4 Å². The Morgan fingerprint density at radius 2 is 0.569 bits per heavy atom. The zero-order valence-electron chi connectivity index (χ0n) is 39.3. The molecule has 0 aliphatic heterocycles. The van der Waals surface area contributed by atoms with Gasteiger partial charge in [0.1, 0.15) is 0 Å². The number of carbonyl (C=O) groups is 3. The zero-order valence-corrected chi connectivity index (χ0v) is 39.3. The summed E-state index contributed by atoms with van der Waals surface area (Å²) in [6.45, 7) is 13.6. The molecule has 3 amide bonds. The monoisotopic (exact) mass is 820 g/mol. The van der Waals surface area contributed by atoms with Crippen molar-refractivity contribution in [2.24, 2.45) is 0 Å². The molecule has 0 radical (unpaired) electrons. The van der Waals surface area contributed by atoms with E-state index < -0.39 is 0 Å². The molecule has 0 spiro atoms. The second-order valence-electron chi connectivity index (χ2n) is 17.5. The number of unbranched alkanes of at least 4 members (excludes halogenated alkanes) is 28. The van der Waals surface area contributed by atoms with Crippen LogP contribution in [0.4, 0.5) is 0 Å². The van der Waals surface area contributed by atoms with Gasteiger partial charge in [-0.25, -0.2) is 0 Å². The molecule has 344 valence electrons. The van der Waals surface area contributed by atoms with E-state index in [9.17, 15) is 14.4 Å². The molecule has 4 N–H and O–H groups in total. The first-order valence-electron chi connectivity index (χ1n) is 25.8. The maximum absolute atomic E-state index is 12.7. The second-order valence-corrected chi connectivity index (χ2v) is 17.5. The van der Waals surface area contributed by atoms with Gasteiger partial charge in [-0.1, -0.05) is 188 Å². The summed E-state index contributed by atoms with van der Waals surface area (Å²) in [5.74, 6) is 0.489.